The van der Waals surface area contributed by atoms with Crippen molar-refractivity contribution in [3.8, 4) is 0 Å². The van der Waals surface area contributed by atoms with Gasteiger partial charge in [0.15, 0.2) is 0 Å². The average Bonchev–Trinajstić information content (AvgIpc) is 3.05. The monoisotopic (exact) mass is 338 g/mol. The van der Waals surface area contributed by atoms with Gasteiger partial charge in [-0.3, -0.25) is 9.69 Å². The number of amides is 1. The van der Waals surface area contributed by atoms with Crippen molar-refractivity contribution in [2.24, 2.45) is 0 Å². The van der Waals surface area contributed by atoms with Gasteiger partial charge in [0, 0.05) is 43.8 Å². The van der Waals surface area contributed by atoms with Gasteiger partial charge in [-0.05, 0) is 18.1 Å². The third kappa shape index (κ3) is 3.84. The number of hydrazine groups is 1. The summed E-state index contributed by atoms with van der Waals surface area (Å²) in [6.07, 6.45) is 0.694. The summed E-state index contributed by atoms with van der Waals surface area (Å²) >= 11 is 6.24. The zero-order valence-electron chi connectivity index (χ0n) is 13.0. The molecule has 2 aliphatic rings. The molecule has 1 aromatic carbocycles. The number of carbonyl (C=O) groups is 1. The van der Waals surface area contributed by atoms with Gasteiger partial charge in [-0.1, -0.05) is 29.8 Å². The first-order valence-corrected chi connectivity index (χ1v) is 8.44. The van der Waals surface area contributed by atoms with Gasteiger partial charge in [0.05, 0.1) is 6.61 Å². The Morgan fingerprint density at radius 3 is 2.65 bits per heavy atom. The predicted octanol–water partition coefficient (Wildman–Crippen LogP) is 0.384. The number of piperazine rings is 1. The Kier molecular flexibility index (Phi) is 5.50. The summed E-state index contributed by atoms with van der Waals surface area (Å²) in [5.74, 6) is 0.135. The van der Waals surface area contributed by atoms with E-state index in [1.807, 2.05) is 29.2 Å². The lowest BCUT2D eigenvalue weighted by molar-refractivity contribution is -0.135. The van der Waals surface area contributed by atoms with E-state index in [0.29, 0.717) is 26.1 Å². The largest absolute Gasteiger partial charge is 0.395 e. The number of rotatable bonds is 4. The number of carbonyl (C=O) groups excluding carboxylic acids is 1. The Bertz CT molecular complexity index is 549. The number of hydrogen-bond acceptors (Lipinski definition) is 5. The lowest BCUT2D eigenvalue weighted by Gasteiger charge is -2.35. The maximum Gasteiger partial charge on any atom is 0.241 e. The highest BCUT2D eigenvalue weighted by Gasteiger charge is 2.34. The van der Waals surface area contributed by atoms with E-state index in [1.165, 1.54) is 0 Å². The number of β-amino-alcohol motifs (C(OH)–C–C–N with tert-alkyl or cyclic N) is 1. The SMILES string of the molecule is O=C(C1CC(c2ccccc2Cl)NN1)N1CCN(CCO)CC1. The molecule has 0 bridgehead atoms. The second kappa shape index (κ2) is 7.59. The van der Waals surface area contributed by atoms with Crippen molar-refractivity contribution in [1.82, 2.24) is 20.7 Å². The number of nitrogens with one attached hydrogen (secondary N) is 2. The van der Waals surface area contributed by atoms with Crippen LogP contribution in [0.5, 0.6) is 0 Å². The third-order valence-corrected chi connectivity index (χ3v) is 4.93. The third-order valence-electron chi connectivity index (χ3n) is 4.58. The molecule has 6 nitrogen and oxygen atoms in total. The first-order valence-electron chi connectivity index (χ1n) is 8.06. The Balaban J connectivity index is 1.55. The van der Waals surface area contributed by atoms with E-state index < -0.39 is 0 Å². The molecule has 23 heavy (non-hydrogen) atoms. The van der Waals surface area contributed by atoms with Crippen LogP contribution in [0.25, 0.3) is 0 Å². The first-order chi connectivity index (χ1) is 11.2. The van der Waals surface area contributed by atoms with Gasteiger partial charge in [-0.15, -0.1) is 0 Å². The van der Waals surface area contributed by atoms with Crippen molar-refractivity contribution in [2.45, 2.75) is 18.5 Å². The van der Waals surface area contributed by atoms with E-state index in [-0.39, 0.29) is 24.6 Å². The van der Waals surface area contributed by atoms with Crippen LogP contribution in [0.2, 0.25) is 5.02 Å². The fourth-order valence-corrected chi connectivity index (χ4v) is 3.50. The number of aliphatic hydroxyl groups is 1. The predicted molar refractivity (Wildman–Crippen MR) is 89.0 cm³/mol. The topological polar surface area (TPSA) is 67.8 Å². The van der Waals surface area contributed by atoms with Crippen LogP contribution in [-0.4, -0.2) is 66.2 Å². The van der Waals surface area contributed by atoms with Crippen LogP contribution in [0.15, 0.2) is 24.3 Å². The molecule has 3 rings (SSSR count). The molecule has 2 saturated heterocycles. The first kappa shape index (κ1) is 16.7. The highest BCUT2D eigenvalue weighted by atomic mass is 35.5. The normalized spacial score (nSPS) is 25.7. The minimum Gasteiger partial charge on any atom is -0.395 e. The molecule has 2 fully saturated rings. The molecule has 0 saturated carbocycles. The number of halogens is 1. The van der Waals surface area contributed by atoms with Crippen LogP contribution in [-0.2, 0) is 4.79 Å². The summed E-state index contributed by atoms with van der Waals surface area (Å²) in [6.45, 7) is 3.92. The van der Waals surface area contributed by atoms with Crippen LogP contribution < -0.4 is 10.9 Å². The van der Waals surface area contributed by atoms with Crippen molar-refractivity contribution < 1.29 is 9.90 Å². The summed E-state index contributed by atoms with van der Waals surface area (Å²) in [7, 11) is 0. The van der Waals surface area contributed by atoms with E-state index in [9.17, 15) is 4.79 Å². The highest BCUT2D eigenvalue weighted by Crippen LogP contribution is 2.28. The van der Waals surface area contributed by atoms with E-state index in [2.05, 4.69) is 15.8 Å². The Morgan fingerprint density at radius 1 is 1.22 bits per heavy atom. The maximum atomic E-state index is 12.6. The van der Waals surface area contributed by atoms with E-state index in [4.69, 9.17) is 16.7 Å². The molecule has 126 valence electrons. The summed E-state index contributed by atoms with van der Waals surface area (Å²) in [5, 5.41) is 9.69. The molecule has 2 atom stereocenters. The average molecular weight is 339 g/mol. The van der Waals surface area contributed by atoms with Crippen LogP contribution in [0.3, 0.4) is 0 Å². The highest BCUT2D eigenvalue weighted by molar-refractivity contribution is 6.31. The van der Waals surface area contributed by atoms with Gasteiger partial charge in [-0.25, -0.2) is 10.9 Å². The van der Waals surface area contributed by atoms with Crippen molar-refractivity contribution in [2.75, 3.05) is 39.3 Å². The quantitative estimate of drug-likeness (QED) is 0.741. The number of nitrogens with zero attached hydrogens (tertiary/aromatic N) is 2. The van der Waals surface area contributed by atoms with Gasteiger partial charge in [0.1, 0.15) is 6.04 Å². The molecule has 1 aromatic rings. The molecule has 7 heteroatoms. The molecule has 1 amide bonds. The van der Waals surface area contributed by atoms with E-state index >= 15 is 0 Å². The van der Waals surface area contributed by atoms with Crippen molar-refractivity contribution in [1.29, 1.82) is 0 Å². The van der Waals surface area contributed by atoms with Crippen molar-refractivity contribution >= 4 is 17.5 Å². The van der Waals surface area contributed by atoms with Crippen molar-refractivity contribution in [3.63, 3.8) is 0 Å². The molecule has 0 radical (unpaired) electrons. The number of benzene rings is 1. The fraction of sp³-hybridized carbons (Fsp3) is 0.562. The fourth-order valence-electron chi connectivity index (χ4n) is 3.23. The van der Waals surface area contributed by atoms with Crippen LogP contribution in [0.4, 0.5) is 0 Å². The molecular weight excluding hydrogens is 316 g/mol. The van der Waals surface area contributed by atoms with E-state index in [0.717, 1.165) is 23.7 Å². The number of aliphatic hydroxyl groups excluding tert-OH is 1. The summed E-state index contributed by atoms with van der Waals surface area (Å²) < 4.78 is 0. The number of hydrogen-bond donors (Lipinski definition) is 3. The lowest BCUT2D eigenvalue weighted by atomic mass is 10.0. The molecule has 3 N–H and O–H groups in total. The maximum absolute atomic E-state index is 12.6. The second-order valence-electron chi connectivity index (χ2n) is 6.04. The van der Waals surface area contributed by atoms with Crippen LogP contribution in [0, 0.1) is 0 Å². The zero-order chi connectivity index (χ0) is 16.2. The standard InChI is InChI=1S/C16H23ClN4O2/c17-13-4-2-1-3-12(13)14-11-15(19-18-14)16(23)21-7-5-20(6-8-21)9-10-22/h1-4,14-15,18-19,22H,5-11H2. The molecule has 0 aromatic heterocycles. The molecule has 2 aliphatic heterocycles. The van der Waals surface area contributed by atoms with Crippen LogP contribution in [0.1, 0.15) is 18.0 Å². The molecule has 0 spiro atoms. The molecule has 0 aliphatic carbocycles. The molecule has 2 heterocycles. The Morgan fingerprint density at radius 2 is 1.96 bits per heavy atom. The van der Waals surface area contributed by atoms with Gasteiger partial charge in [0.2, 0.25) is 5.91 Å². The summed E-state index contributed by atoms with van der Waals surface area (Å²) in [6, 6.07) is 7.55. The Hall–Kier alpha value is -1.18. The Labute approximate surface area is 141 Å². The van der Waals surface area contributed by atoms with Gasteiger partial charge >= 0.3 is 0 Å². The van der Waals surface area contributed by atoms with Crippen molar-refractivity contribution in [3.05, 3.63) is 34.9 Å². The van der Waals surface area contributed by atoms with E-state index in [1.54, 1.807) is 0 Å². The minimum absolute atomic E-state index is 0.0494. The lowest BCUT2D eigenvalue weighted by Crippen LogP contribution is -2.53. The zero-order valence-corrected chi connectivity index (χ0v) is 13.8. The molecular formula is C16H23ClN4O2. The van der Waals surface area contributed by atoms with Crippen LogP contribution >= 0.6 is 11.6 Å². The van der Waals surface area contributed by atoms with Gasteiger partial charge < -0.3 is 10.0 Å². The smallest absolute Gasteiger partial charge is 0.241 e. The van der Waals surface area contributed by atoms with Gasteiger partial charge in [-0.2, -0.15) is 0 Å². The summed E-state index contributed by atoms with van der Waals surface area (Å²) in [4.78, 5) is 16.7. The molecule has 2 unspecified atom stereocenters. The second-order valence-corrected chi connectivity index (χ2v) is 6.45. The van der Waals surface area contributed by atoms with Gasteiger partial charge in [0.25, 0.3) is 0 Å². The summed E-state index contributed by atoms with van der Waals surface area (Å²) in [5.41, 5.74) is 7.32. The minimum atomic E-state index is -0.222.